The molecule has 2 saturated heterocycles. The van der Waals surface area contributed by atoms with Crippen molar-refractivity contribution in [3.8, 4) is 0 Å². The molecule has 2 amide bonds. The van der Waals surface area contributed by atoms with Gasteiger partial charge in [-0.2, -0.15) is 0 Å². The highest BCUT2D eigenvalue weighted by molar-refractivity contribution is 6.30. The summed E-state index contributed by atoms with van der Waals surface area (Å²) in [7, 11) is 0. The predicted molar refractivity (Wildman–Crippen MR) is 110 cm³/mol. The molecule has 0 unspecified atom stereocenters. The number of rotatable bonds is 3. The molecule has 146 valence electrons. The fourth-order valence-electron chi connectivity index (χ4n) is 4.42. The second kappa shape index (κ2) is 8.36. The Morgan fingerprint density at radius 3 is 2.36 bits per heavy atom. The van der Waals surface area contributed by atoms with Gasteiger partial charge in [-0.05, 0) is 55.5 Å². The third-order valence-electron chi connectivity index (χ3n) is 5.87. The van der Waals surface area contributed by atoms with E-state index in [4.69, 9.17) is 11.6 Å². The zero-order valence-corrected chi connectivity index (χ0v) is 16.6. The van der Waals surface area contributed by atoms with Crippen LogP contribution in [-0.4, -0.2) is 41.2 Å². The van der Waals surface area contributed by atoms with Crippen LogP contribution in [0.5, 0.6) is 0 Å². The Bertz CT molecular complexity index is 837. The third kappa shape index (κ3) is 3.93. The summed E-state index contributed by atoms with van der Waals surface area (Å²) in [5, 5.41) is 0.615. The van der Waals surface area contributed by atoms with Gasteiger partial charge in [0.1, 0.15) is 0 Å². The maximum absolute atomic E-state index is 13.3. The summed E-state index contributed by atoms with van der Waals surface area (Å²) in [6.45, 7) is 2.01. The molecule has 28 heavy (non-hydrogen) atoms. The number of carbonyl (C=O) groups excluding carboxylic acids is 2. The van der Waals surface area contributed by atoms with Crippen molar-refractivity contribution in [1.82, 2.24) is 9.80 Å². The van der Waals surface area contributed by atoms with E-state index in [0.717, 1.165) is 32.2 Å². The van der Waals surface area contributed by atoms with Gasteiger partial charge in [-0.15, -0.1) is 0 Å². The van der Waals surface area contributed by atoms with Gasteiger partial charge in [-0.25, -0.2) is 0 Å². The number of carbonyl (C=O) groups is 2. The Balaban J connectivity index is 1.46. The van der Waals surface area contributed by atoms with E-state index < -0.39 is 0 Å². The van der Waals surface area contributed by atoms with Crippen LogP contribution in [0.15, 0.2) is 54.6 Å². The van der Waals surface area contributed by atoms with E-state index in [1.54, 1.807) is 24.3 Å². The highest BCUT2D eigenvalue weighted by Crippen LogP contribution is 2.34. The number of hydrogen-bond acceptors (Lipinski definition) is 2. The Hall–Kier alpha value is -2.33. The lowest BCUT2D eigenvalue weighted by molar-refractivity contribution is -0.137. The maximum atomic E-state index is 13.3. The smallest absolute Gasteiger partial charge is 0.253 e. The Morgan fingerprint density at radius 2 is 1.61 bits per heavy atom. The van der Waals surface area contributed by atoms with Gasteiger partial charge in [0.05, 0.1) is 12.0 Å². The van der Waals surface area contributed by atoms with Crippen molar-refractivity contribution in [2.24, 2.45) is 5.92 Å². The number of piperidine rings is 1. The van der Waals surface area contributed by atoms with Crippen LogP contribution < -0.4 is 0 Å². The molecule has 2 atom stereocenters. The number of benzene rings is 2. The van der Waals surface area contributed by atoms with Gasteiger partial charge >= 0.3 is 0 Å². The summed E-state index contributed by atoms with van der Waals surface area (Å²) >= 11 is 5.93. The molecule has 4 rings (SSSR count). The van der Waals surface area contributed by atoms with Crippen LogP contribution in [0.1, 0.15) is 47.6 Å². The second-order valence-corrected chi connectivity index (χ2v) is 8.13. The minimum absolute atomic E-state index is 0.0183. The molecule has 2 aliphatic heterocycles. The highest BCUT2D eigenvalue weighted by atomic mass is 35.5. The fraction of sp³-hybridized carbons (Fsp3) is 0.391. The summed E-state index contributed by atoms with van der Waals surface area (Å²) in [5.41, 5.74) is 1.83. The van der Waals surface area contributed by atoms with Crippen molar-refractivity contribution in [1.29, 1.82) is 0 Å². The van der Waals surface area contributed by atoms with Gasteiger partial charge in [0.15, 0.2) is 0 Å². The third-order valence-corrected chi connectivity index (χ3v) is 6.12. The first kappa shape index (κ1) is 19.0. The average molecular weight is 397 g/mol. The zero-order valence-electron chi connectivity index (χ0n) is 15.9. The van der Waals surface area contributed by atoms with Crippen molar-refractivity contribution in [2.45, 2.75) is 31.7 Å². The molecule has 0 spiro atoms. The van der Waals surface area contributed by atoms with Crippen molar-refractivity contribution < 1.29 is 9.59 Å². The summed E-state index contributed by atoms with van der Waals surface area (Å²) in [4.78, 5) is 30.0. The first-order chi connectivity index (χ1) is 13.6. The molecule has 2 aliphatic rings. The van der Waals surface area contributed by atoms with Gasteiger partial charge in [-0.1, -0.05) is 41.9 Å². The average Bonchev–Trinajstić information content (AvgIpc) is 3.24. The summed E-state index contributed by atoms with van der Waals surface area (Å²) in [6, 6.07) is 17.4. The first-order valence-corrected chi connectivity index (χ1v) is 10.4. The molecule has 0 aliphatic carbocycles. The second-order valence-electron chi connectivity index (χ2n) is 7.70. The van der Waals surface area contributed by atoms with Gasteiger partial charge in [0.2, 0.25) is 5.91 Å². The van der Waals surface area contributed by atoms with Crippen LogP contribution in [-0.2, 0) is 4.79 Å². The summed E-state index contributed by atoms with van der Waals surface area (Å²) in [6.07, 6.45) is 3.75. The lowest BCUT2D eigenvalue weighted by atomic mass is 9.94. The first-order valence-electron chi connectivity index (χ1n) is 10.0. The molecule has 0 saturated carbocycles. The minimum atomic E-state index is -0.116. The maximum Gasteiger partial charge on any atom is 0.253 e. The molecular weight excluding hydrogens is 372 g/mol. The van der Waals surface area contributed by atoms with Crippen molar-refractivity contribution in [3.05, 3.63) is 70.7 Å². The van der Waals surface area contributed by atoms with Crippen LogP contribution >= 0.6 is 11.6 Å². The molecule has 2 aromatic carbocycles. The van der Waals surface area contributed by atoms with Gasteiger partial charge in [0.25, 0.3) is 5.91 Å². The van der Waals surface area contributed by atoms with Crippen LogP contribution in [0.3, 0.4) is 0 Å². The monoisotopic (exact) mass is 396 g/mol. The molecule has 5 heteroatoms. The van der Waals surface area contributed by atoms with E-state index in [0.29, 0.717) is 23.7 Å². The van der Waals surface area contributed by atoms with E-state index in [2.05, 4.69) is 12.1 Å². The largest absolute Gasteiger partial charge is 0.338 e. The Labute approximate surface area is 171 Å². The van der Waals surface area contributed by atoms with Gasteiger partial charge < -0.3 is 9.80 Å². The summed E-state index contributed by atoms with van der Waals surface area (Å²) in [5.74, 6) is 0.0597. The van der Waals surface area contributed by atoms with Crippen LogP contribution in [0.2, 0.25) is 5.02 Å². The predicted octanol–water partition coefficient (Wildman–Crippen LogP) is 4.56. The molecule has 2 heterocycles. The molecular formula is C23H25ClN2O2. The van der Waals surface area contributed by atoms with Crippen molar-refractivity contribution in [2.75, 3.05) is 19.6 Å². The van der Waals surface area contributed by atoms with Crippen molar-refractivity contribution >= 4 is 23.4 Å². The normalized spacial score (nSPS) is 22.3. The number of nitrogens with zero attached hydrogens (tertiary/aromatic N) is 2. The zero-order chi connectivity index (χ0) is 19.5. The van der Waals surface area contributed by atoms with E-state index in [9.17, 15) is 9.59 Å². The highest BCUT2D eigenvalue weighted by Gasteiger charge is 2.36. The van der Waals surface area contributed by atoms with Crippen LogP contribution in [0.4, 0.5) is 0 Å². The Kier molecular flexibility index (Phi) is 5.67. The lowest BCUT2D eigenvalue weighted by Crippen LogP contribution is -2.46. The van der Waals surface area contributed by atoms with Crippen LogP contribution in [0.25, 0.3) is 0 Å². The van der Waals surface area contributed by atoms with Crippen molar-refractivity contribution in [3.63, 3.8) is 0 Å². The molecule has 4 nitrogen and oxygen atoms in total. The topological polar surface area (TPSA) is 40.6 Å². The molecule has 0 N–H and O–H groups in total. The van der Waals surface area contributed by atoms with E-state index >= 15 is 0 Å². The number of halogens is 1. The molecule has 2 fully saturated rings. The van der Waals surface area contributed by atoms with E-state index in [-0.39, 0.29) is 23.8 Å². The van der Waals surface area contributed by atoms with E-state index in [1.807, 2.05) is 28.0 Å². The number of likely N-dealkylation sites (tertiary alicyclic amines) is 2. The number of amides is 2. The quantitative estimate of drug-likeness (QED) is 0.763. The fourth-order valence-corrected chi connectivity index (χ4v) is 4.55. The summed E-state index contributed by atoms with van der Waals surface area (Å²) < 4.78 is 0. The van der Waals surface area contributed by atoms with Gasteiger partial charge in [0, 0.05) is 30.2 Å². The Morgan fingerprint density at radius 1 is 0.893 bits per heavy atom. The standard InChI is InChI=1S/C23H25ClN2O2/c24-20-12-10-18(11-13-20)22(27)25-14-4-8-19(16-25)23(28)26-15-5-9-21(26)17-6-2-1-3-7-17/h1-3,6-7,10-13,19,21H,4-5,8-9,14-16H2/t19-,21-/m0/s1. The molecule has 0 bridgehead atoms. The molecule has 0 aromatic heterocycles. The SMILES string of the molecule is O=C(c1ccc(Cl)cc1)N1CCC[C@H](C(=O)N2CCC[C@H]2c2ccccc2)C1. The van der Waals surface area contributed by atoms with Gasteiger partial charge in [-0.3, -0.25) is 9.59 Å². The lowest BCUT2D eigenvalue weighted by Gasteiger charge is -2.35. The number of hydrogen-bond donors (Lipinski definition) is 0. The molecule has 0 radical (unpaired) electrons. The minimum Gasteiger partial charge on any atom is -0.338 e. The van der Waals surface area contributed by atoms with Crippen LogP contribution in [0, 0.1) is 5.92 Å². The van der Waals surface area contributed by atoms with E-state index in [1.165, 1.54) is 5.56 Å². The molecule has 2 aromatic rings.